The van der Waals surface area contributed by atoms with E-state index in [4.69, 9.17) is 10.5 Å². The lowest BCUT2D eigenvalue weighted by Gasteiger charge is -2.10. The van der Waals surface area contributed by atoms with Gasteiger partial charge in [-0.2, -0.15) is 5.10 Å². The molecule has 3 N–H and O–H groups in total. The molecule has 6 heteroatoms. The Balaban J connectivity index is 2.44. The molecule has 1 aromatic heterocycles. The van der Waals surface area contributed by atoms with E-state index in [0.29, 0.717) is 16.9 Å². The van der Waals surface area contributed by atoms with Gasteiger partial charge in [-0.15, -0.1) is 0 Å². The molecule has 20 heavy (non-hydrogen) atoms. The molecular formula is C14H17N3O3. The lowest BCUT2D eigenvalue weighted by Crippen LogP contribution is -2.05. The van der Waals surface area contributed by atoms with Gasteiger partial charge < -0.3 is 15.6 Å². The molecule has 0 radical (unpaired) electrons. The van der Waals surface area contributed by atoms with Gasteiger partial charge in [0.2, 0.25) is 0 Å². The van der Waals surface area contributed by atoms with Gasteiger partial charge in [-0.05, 0) is 31.5 Å². The van der Waals surface area contributed by atoms with Crippen LogP contribution in [0.4, 0.5) is 5.82 Å². The summed E-state index contributed by atoms with van der Waals surface area (Å²) >= 11 is 0. The standard InChI is InChI=1S/C14H17N3O3/c1-8(2)20-10-6-4-9(5-7-10)11-12(14(18)19)16-17(3)13(11)15/h4-8H,15H2,1-3H3,(H,18,19). The highest BCUT2D eigenvalue weighted by molar-refractivity contribution is 5.97. The summed E-state index contributed by atoms with van der Waals surface area (Å²) < 4.78 is 6.91. The molecule has 2 rings (SSSR count). The van der Waals surface area contributed by atoms with E-state index in [2.05, 4.69) is 5.10 Å². The maximum Gasteiger partial charge on any atom is 0.357 e. The molecule has 0 bridgehead atoms. The van der Waals surface area contributed by atoms with Crippen molar-refractivity contribution in [2.24, 2.45) is 7.05 Å². The number of hydrogen-bond donors (Lipinski definition) is 2. The van der Waals surface area contributed by atoms with Gasteiger partial charge in [0.25, 0.3) is 0 Å². The topological polar surface area (TPSA) is 90.4 Å². The Labute approximate surface area is 116 Å². The number of nitrogens with two attached hydrogens (primary N) is 1. The molecule has 0 aliphatic rings. The van der Waals surface area contributed by atoms with E-state index in [1.54, 1.807) is 31.3 Å². The summed E-state index contributed by atoms with van der Waals surface area (Å²) in [5, 5.41) is 13.1. The average molecular weight is 275 g/mol. The van der Waals surface area contributed by atoms with Gasteiger partial charge >= 0.3 is 5.97 Å². The van der Waals surface area contributed by atoms with Crippen LogP contribution in [-0.4, -0.2) is 27.0 Å². The fourth-order valence-electron chi connectivity index (χ4n) is 1.94. The summed E-state index contributed by atoms with van der Waals surface area (Å²) in [5.41, 5.74) is 6.97. The zero-order valence-electron chi connectivity index (χ0n) is 11.6. The molecular weight excluding hydrogens is 258 g/mol. The number of anilines is 1. The summed E-state index contributed by atoms with van der Waals surface area (Å²) in [6, 6.07) is 7.12. The number of aryl methyl sites for hydroxylation is 1. The number of carbonyl (C=O) groups is 1. The number of benzene rings is 1. The maximum absolute atomic E-state index is 11.2. The van der Waals surface area contributed by atoms with Gasteiger partial charge in [-0.25, -0.2) is 4.79 Å². The minimum Gasteiger partial charge on any atom is -0.491 e. The third kappa shape index (κ3) is 2.59. The molecule has 0 atom stereocenters. The van der Waals surface area contributed by atoms with Crippen LogP contribution in [0, 0.1) is 0 Å². The summed E-state index contributed by atoms with van der Waals surface area (Å²) in [4.78, 5) is 11.2. The van der Waals surface area contributed by atoms with Crippen LogP contribution >= 0.6 is 0 Å². The quantitative estimate of drug-likeness (QED) is 0.892. The lowest BCUT2D eigenvalue weighted by molar-refractivity contribution is 0.0690. The number of ether oxygens (including phenoxy) is 1. The smallest absolute Gasteiger partial charge is 0.357 e. The van der Waals surface area contributed by atoms with Gasteiger partial charge in [0.1, 0.15) is 11.6 Å². The van der Waals surface area contributed by atoms with Crippen molar-refractivity contribution in [3.63, 3.8) is 0 Å². The van der Waals surface area contributed by atoms with Gasteiger partial charge in [0.05, 0.1) is 11.7 Å². The summed E-state index contributed by atoms with van der Waals surface area (Å²) in [6.45, 7) is 3.88. The highest BCUT2D eigenvalue weighted by Crippen LogP contribution is 2.30. The highest BCUT2D eigenvalue weighted by atomic mass is 16.5. The van der Waals surface area contributed by atoms with Crippen LogP contribution in [0.25, 0.3) is 11.1 Å². The van der Waals surface area contributed by atoms with Crippen LogP contribution in [0.5, 0.6) is 5.75 Å². The molecule has 0 spiro atoms. The Morgan fingerprint density at radius 1 is 1.35 bits per heavy atom. The first-order chi connectivity index (χ1) is 9.40. The SMILES string of the molecule is CC(C)Oc1ccc(-c2c(C(=O)O)nn(C)c2N)cc1. The first-order valence-electron chi connectivity index (χ1n) is 6.23. The van der Waals surface area contributed by atoms with Crippen molar-refractivity contribution in [3.05, 3.63) is 30.0 Å². The molecule has 106 valence electrons. The molecule has 0 aliphatic carbocycles. The third-order valence-electron chi connectivity index (χ3n) is 2.81. The van der Waals surface area contributed by atoms with Crippen LogP contribution in [-0.2, 0) is 7.05 Å². The second-order valence-corrected chi connectivity index (χ2v) is 4.73. The van der Waals surface area contributed by atoms with E-state index in [1.807, 2.05) is 13.8 Å². The van der Waals surface area contributed by atoms with E-state index in [0.717, 1.165) is 5.75 Å². The average Bonchev–Trinajstić information content (AvgIpc) is 2.67. The maximum atomic E-state index is 11.2. The minimum atomic E-state index is -1.10. The van der Waals surface area contributed by atoms with E-state index in [9.17, 15) is 9.90 Å². The van der Waals surface area contributed by atoms with Crippen LogP contribution in [0.15, 0.2) is 24.3 Å². The zero-order chi connectivity index (χ0) is 14.9. The van der Waals surface area contributed by atoms with Gasteiger partial charge in [0.15, 0.2) is 5.69 Å². The molecule has 0 aliphatic heterocycles. The van der Waals surface area contributed by atoms with E-state index in [1.165, 1.54) is 4.68 Å². The van der Waals surface area contributed by atoms with Crippen LogP contribution in [0.2, 0.25) is 0 Å². The van der Waals surface area contributed by atoms with Crippen molar-refractivity contribution >= 4 is 11.8 Å². The normalized spacial score (nSPS) is 10.8. The summed E-state index contributed by atoms with van der Waals surface area (Å²) in [7, 11) is 1.61. The van der Waals surface area contributed by atoms with Crippen molar-refractivity contribution in [1.82, 2.24) is 9.78 Å². The number of aromatic nitrogens is 2. The number of aromatic carboxylic acids is 1. The third-order valence-corrected chi connectivity index (χ3v) is 2.81. The van der Waals surface area contributed by atoms with Crippen molar-refractivity contribution in [2.45, 2.75) is 20.0 Å². The monoisotopic (exact) mass is 275 g/mol. The van der Waals surface area contributed by atoms with Gasteiger partial charge in [0, 0.05) is 7.05 Å². The summed E-state index contributed by atoms with van der Waals surface area (Å²) in [5.74, 6) is -0.0576. The second kappa shape index (κ2) is 5.24. The molecule has 0 unspecified atom stereocenters. The van der Waals surface area contributed by atoms with Crippen molar-refractivity contribution in [1.29, 1.82) is 0 Å². The Kier molecular flexibility index (Phi) is 3.65. The van der Waals surface area contributed by atoms with Crippen molar-refractivity contribution in [2.75, 3.05) is 5.73 Å². The Morgan fingerprint density at radius 3 is 2.45 bits per heavy atom. The Morgan fingerprint density at radius 2 is 1.95 bits per heavy atom. The molecule has 0 fully saturated rings. The predicted molar refractivity (Wildman–Crippen MR) is 75.8 cm³/mol. The number of carboxylic acids is 1. The number of hydrogen-bond acceptors (Lipinski definition) is 4. The second-order valence-electron chi connectivity index (χ2n) is 4.73. The van der Waals surface area contributed by atoms with Crippen LogP contribution < -0.4 is 10.5 Å². The van der Waals surface area contributed by atoms with E-state index < -0.39 is 5.97 Å². The van der Waals surface area contributed by atoms with E-state index >= 15 is 0 Å². The zero-order valence-corrected chi connectivity index (χ0v) is 11.6. The van der Waals surface area contributed by atoms with Crippen LogP contribution in [0.3, 0.4) is 0 Å². The lowest BCUT2D eigenvalue weighted by atomic mass is 10.1. The minimum absolute atomic E-state index is 0.0532. The first-order valence-corrected chi connectivity index (χ1v) is 6.23. The molecule has 2 aromatic rings. The van der Waals surface area contributed by atoms with Gasteiger partial charge in [-0.1, -0.05) is 12.1 Å². The van der Waals surface area contributed by atoms with Crippen molar-refractivity contribution in [3.8, 4) is 16.9 Å². The largest absolute Gasteiger partial charge is 0.491 e. The Bertz CT molecular complexity index is 630. The van der Waals surface area contributed by atoms with Crippen molar-refractivity contribution < 1.29 is 14.6 Å². The van der Waals surface area contributed by atoms with E-state index in [-0.39, 0.29) is 11.8 Å². The molecule has 1 aromatic carbocycles. The first kappa shape index (κ1) is 13.9. The number of nitrogens with zero attached hydrogens (tertiary/aromatic N) is 2. The number of carboxylic acid groups (broad SMARTS) is 1. The van der Waals surface area contributed by atoms with Gasteiger partial charge in [-0.3, -0.25) is 4.68 Å². The molecule has 0 amide bonds. The number of rotatable bonds is 4. The Hall–Kier alpha value is -2.50. The summed E-state index contributed by atoms with van der Waals surface area (Å²) in [6.07, 6.45) is 0.0823. The fraction of sp³-hybridized carbons (Fsp3) is 0.286. The van der Waals surface area contributed by atoms with Crippen LogP contribution in [0.1, 0.15) is 24.3 Å². The molecule has 6 nitrogen and oxygen atoms in total. The predicted octanol–water partition coefficient (Wildman–Crippen LogP) is 2.15. The highest BCUT2D eigenvalue weighted by Gasteiger charge is 2.21. The number of nitrogen functional groups attached to an aromatic ring is 1. The fourth-order valence-corrected chi connectivity index (χ4v) is 1.94. The molecule has 0 saturated carbocycles. The molecule has 1 heterocycles. The molecule has 0 saturated heterocycles.